The smallest absolute Gasteiger partial charge is 0.341 e. The Morgan fingerprint density at radius 1 is 1.18 bits per heavy atom. The lowest BCUT2D eigenvalue weighted by molar-refractivity contribution is -0.212. The number of para-hydroxylation sites is 1. The number of nitrogens with one attached hydrogen (secondary N) is 1. The van der Waals surface area contributed by atoms with Crippen LogP contribution in [-0.4, -0.2) is 120 Å². The summed E-state index contributed by atoms with van der Waals surface area (Å²) in [4.78, 5) is 27.8. The highest BCUT2D eigenvalue weighted by Gasteiger charge is 2.49. The number of amides is 1. The molecule has 0 aromatic heterocycles. The van der Waals surface area contributed by atoms with Gasteiger partial charge in [0.2, 0.25) is 5.91 Å². The number of hydrogen-bond donors (Lipinski definition) is 4. The first-order chi connectivity index (χ1) is 19.1. The third-order valence-electron chi connectivity index (χ3n) is 7.71. The van der Waals surface area contributed by atoms with E-state index in [0.29, 0.717) is 17.2 Å². The van der Waals surface area contributed by atoms with Crippen LogP contribution in [0.5, 0.6) is 5.75 Å². The molecule has 0 radical (unpaired) electrons. The summed E-state index contributed by atoms with van der Waals surface area (Å²) in [5, 5.41) is 35.1. The lowest BCUT2D eigenvalue weighted by Crippen LogP contribution is -2.66. The van der Waals surface area contributed by atoms with Gasteiger partial charge in [0.05, 0.1) is 25.3 Å². The lowest BCUT2D eigenvalue weighted by atomic mass is 9.91. The van der Waals surface area contributed by atoms with Gasteiger partial charge in [-0.05, 0) is 44.9 Å². The second-order valence-electron chi connectivity index (χ2n) is 10.5. The van der Waals surface area contributed by atoms with Gasteiger partial charge in [-0.3, -0.25) is 9.69 Å². The molecule has 1 amide bonds. The third-order valence-corrected chi connectivity index (χ3v) is 8.83. The van der Waals surface area contributed by atoms with Gasteiger partial charge >= 0.3 is 5.97 Å². The monoisotopic (exact) mass is 584 g/mol. The number of ether oxygens (including phenoxy) is 4. The SMILES string of the molecule is CCC[C@@H]1C[C@@H](C(=O)N[C@@H]([C@H]2O[C@H](SCCOC(=O)c3ccccc3OC)[C@H](O)[C@@H](O)[C@H]2O)[C@@H](C)OC)N(C)C1. The second-order valence-corrected chi connectivity index (χ2v) is 11.7. The van der Waals surface area contributed by atoms with Crippen molar-refractivity contribution < 1.29 is 43.9 Å². The maximum absolute atomic E-state index is 13.3. The maximum Gasteiger partial charge on any atom is 0.341 e. The van der Waals surface area contributed by atoms with Crippen LogP contribution in [0.3, 0.4) is 0 Å². The van der Waals surface area contributed by atoms with Gasteiger partial charge in [-0.1, -0.05) is 25.5 Å². The molecule has 9 atom stereocenters. The fraction of sp³-hybridized carbons (Fsp3) is 0.714. The molecule has 2 aliphatic heterocycles. The van der Waals surface area contributed by atoms with Gasteiger partial charge in [0.25, 0.3) is 0 Å². The Morgan fingerprint density at radius 2 is 1.90 bits per heavy atom. The summed E-state index contributed by atoms with van der Waals surface area (Å²) < 4.78 is 22.1. The minimum absolute atomic E-state index is 0.0129. The summed E-state index contributed by atoms with van der Waals surface area (Å²) in [6, 6.07) is 5.61. The number of thioether (sulfide) groups is 1. The zero-order valence-corrected chi connectivity index (χ0v) is 24.7. The topological polar surface area (TPSA) is 147 Å². The molecule has 3 rings (SSSR count). The molecule has 0 bridgehead atoms. The number of methoxy groups -OCH3 is 2. The summed E-state index contributed by atoms with van der Waals surface area (Å²) in [5.41, 5.74) is -0.650. The fourth-order valence-corrected chi connectivity index (χ4v) is 6.38. The number of aliphatic hydroxyl groups is 3. The van der Waals surface area contributed by atoms with Crippen molar-refractivity contribution in [3.63, 3.8) is 0 Å². The Morgan fingerprint density at radius 3 is 2.58 bits per heavy atom. The zero-order chi connectivity index (χ0) is 29.4. The minimum atomic E-state index is -1.51. The van der Waals surface area contributed by atoms with Gasteiger partial charge in [-0.25, -0.2) is 4.79 Å². The number of carbonyl (C=O) groups is 2. The highest BCUT2D eigenvalue weighted by atomic mass is 32.2. The normalized spacial score (nSPS) is 30.4. The lowest BCUT2D eigenvalue weighted by Gasteiger charge is -2.44. The van der Waals surface area contributed by atoms with Crippen molar-refractivity contribution >= 4 is 23.6 Å². The molecule has 0 saturated carbocycles. The molecule has 11 nitrogen and oxygen atoms in total. The Hall–Kier alpha value is -1.93. The number of aliphatic hydroxyl groups excluding tert-OH is 3. The van der Waals surface area contributed by atoms with E-state index in [-0.39, 0.29) is 24.3 Å². The highest BCUT2D eigenvalue weighted by Crippen LogP contribution is 2.32. The van der Waals surface area contributed by atoms with Gasteiger partial charge in [-0.15, -0.1) is 11.8 Å². The van der Waals surface area contributed by atoms with Crippen LogP contribution in [0.1, 0.15) is 43.5 Å². The molecule has 2 fully saturated rings. The quantitative estimate of drug-likeness (QED) is 0.195. The van der Waals surface area contributed by atoms with E-state index in [4.69, 9.17) is 18.9 Å². The second kappa shape index (κ2) is 15.3. The van der Waals surface area contributed by atoms with Gasteiger partial charge in [0.15, 0.2) is 0 Å². The number of benzene rings is 1. The van der Waals surface area contributed by atoms with E-state index < -0.39 is 48.0 Å². The molecular formula is C28H44N2O9S. The van der Waals surface area contributed by atoms with Crippen LogP contribution in [0.25, 0.3) is 0 Å². The van der Waals surface area contributed by atoms with Gasteiger partial charge in [-0.2, -0.15) is 0 Å². The minimum Gasteiger partial charge on any atom is -0.496 e. The maximum atomic E-state index is 13.3. The number of likely N-dealkylation sites (N-methyl/N-ethyl adjacent to an activating group) is 1. The van der Waals surface area contributed by atoms with Crippen LogP contribution >= 0.6 is 11.8 Å². The Labute approximate surface area is 240 Å². The van der Waals surface area contributed by atoms with Gasteiger partial charge < -0.3 is 39.6 Å². The van der Waals surface area contributed by atoms with Crippen molar-refractivity contribution in [1.29, 1.82) is 0 Å². The van der Waals surface area contributed by atoms with E-state index in [1.165, 1.54) is 14.2 Å². The van der Waals surface area contributed by atoms with Crippen molar-refractivity contribution in [2.75, 3.05) is 40.2 Å². The molecule has 2 aliphatic rings. The van der Waals surface area contributed by atoms with E-state index in [2.05, 4.69) is 12.2 Å². The zero-order valence-electron chi connectivity index (χ0n) is 23.9. The number of likely N-dealkylation sites (tertiary alicyclic amines) is 1. The standard InChI is InChI=1S/C28H44N2O9S/c1-6-9-17-14-19(30(3)15-17)26(34)29-21(16(2)36-4)25-23(32)22(31)24(33)28(39-25)40-13-12-38-27(35)18-10-7-8-11-20(18)37-5/h7-8,10-11,16-17,19,21-25,28,31-33H,6,9,12-15H2,1-5H3,(H,29,34)/t16-,17-,19+,21-,22+,23-,24-,25-,28-/m1/s1. The molecule has 2 saturated heterocycles. The summed E-state index contributed by atoms with van der Waals surface area (Å²) in [7, 11) is 4.88. The van der Waals surface area contributed by atoms with E-state index in [9.17, 15) is 24.9 Å². The summed E-state index contributed by atoms with van der Waals surface area (Å²) in [6.07, 6.45) is -3.14. The number of hydrogen-bond acceptors (Lipinski definition) is 11. The summed E-state index contributed by atoms with van der Waals surface area (Å²) in [6.45, 7) is 4.73. The van der Waals surface area contributed by atoms with Crippen molar-refractivity contribution in [2.45, 2.75) is 81.1 Å². The first-order valence-electron chi connectivity index (χ1n) is 13.8. The molecule has 40 heavy (non-hydrogen) atoms. The molecule has 0 spiro atoms. The first kappa shape index (κ1) is 32.6. The number of carbonyl (C=O) groups excluding carboxylic acids is 2. The fourth-order valence-electron chi connectivity index (χ4n) is 5.40. The third kappa shape index (κ3) is 7.87. The van der Waals surface area contributed by atoms with Gasteiger partial charge in [0.1, 0.15) is 47.8 Å². The van der Waals surface area contributed by atoms with E-state index in [1.54, 1.807) is 31.2 Å². The van der Waals surface area contributed by atoms with Crippen LogP contribution in [0, 0.1) is 5.92 Å². The molecule has 12 heteroatoms. The first-order valence-corrected chi connectivity index (χ1v) is 14.8. The van der Waals surface area contributed by atoms with Gasteiger partial charge in [0, 0.05) is 19.4 Å². The molecule has 0 unspecified atom stereocenters. The van der Waals surface area contributed by atoms with E-state index in [0.717, 1.165) is 37.6 Å². The molecule has 1 aromatic carbocycles. The van der Waals surface area contributed by atoms with Crippen molar-refractivity contribution in [3.05, 3.63) is 29.8 Å². The molecule has 226 valence electrons. The van der Waals surface area contributed by atoms with Crippen LogP contribution in [0.2, 0.25) is 0 Å². The molecular weight excluding hydrogens is 540 g/mol. The number of rotatable bonds is 13. The predicted octanol–water partition coefficient (Wildman–Crippen LogP) is 1.03. The van der Waals surface area contributed by atoms with E-state index in [1.807, 2.05) is 11.9 Å². The number of nitrogens with zero attached hydrogens (tertiary/aromatic N) is 1. The molecule has 4 N–H and O–H groups in total. The summed E-state index contributed by atoms with van der Waals surface area (Å²) >= 11 is 1.14. The molecule has 0 aliphatic carbocycles. The average molecular weight is 585 g/mol. The van der Waals surface area contributed by atoms with Crippen molar-refractivity contribution in [1.82, 2.24) is 10.2 Å². The summed E-state index contributed by atoms with van der Waals surface area (Å²) in [5.74, 6) is 0.345. The molecule has 1 aromatic rings. The number of esters is 1. The van der Waals surface area contributed by atoms with E-state index >= 15 is 0 Å². The Bertz CT molecular complexity index is 969. The Balaban J connectivity index is 1.63. The van der Waals surface area contributed by atoms with Crippen molar-refractivity contribution in [3.8, 4) is 5.75 Å². The predicted molar refractivity (Wildman–Crippen MR) is 150 cm³/mol. The van der Waals surface area contributed by atoms with Crippen LogP contribution in [0.4, 0.5) is 0 Å². The van der Waals surface area contributed by atoms with Crippen LogP contribution in [-0.2, 0) is 19.0 Å². The Kier molecular flexibility index (Phi) is 12.5. The molecule has 2 heterocycles. The van der Waals surface area contributed by atoms with Crippen LogP contribution < -0.4 is 10.1 Å². The highest BCUT2D eigenvalue weighted by molar-refractivity contribution is 7.99. The average Bonchev–Trinajstić information content (AvgIpc) is 3.33. The van der Waals surface area contributed by atoms with Crippen molar-refractivity contribution in [2.24, 2.45) is 5.92 Å². The largest absolute Gasteiger partial charge is 0.496 e. The van der Waals surface area contributed by atoms with Crippen LogP contribution in [0.15, 0.2) is 24.3 Å².